The Kier molecular flexibility index (Phi) is 4.77. The normalized spacial score (nSPS) is 13.5. The van der Waals surface area contributed by atoms with Crippen molar-refractivity contribution in [1.82, 2.24) is 24.4 Å². The molecule has 3 aromatic rings. The van der Waals surface area contributed by atoms with E-state index in [1.165, 1.54) is 0 Å². The largest absolute Gasteiger partial charge is 0.340 e. The van der Waals surface area contributed by atoms with Crippen molar-refractivity contribution in [1.29, 1.82) is 0 Å². The van der Waals surface area contributed by atoms with Crippen molar-refractivity contribution in [2.24, 2.45) is 0 Å². The van der Waals surface area contributed by atoms with Gasteiger partial charge in [0.1, 0.15) is 5.82 Å². The van der Waals surface area contributed by atoms with E-state index in [0.717, 1.165) is 16.6 Å². The van der Waals surface area contributed by atoms with Gasteiger partial charge in [-0.25, -0.2) is 15.0 Å². The fourth-order valence-electron chi connectivity index (χ4n) is 3.39. The van der Waals surface area contributed by atoms with Crippen LogP contribution in [0.15, 0.2) is 29.0 Å². The minimum absolute atomic E-state index is 0.0985. The van der Waals surface area contributed by atoms with Gasteiger partial charge in [0.05, 0.1) is 25.3 Å². The number of aryl methyl sites for hydroxylation is 1. The smallest absolute Gasteiger partial charge is 0.276 e. The van der Waals surface area contributed by atoms with Gasteiger partial charge in [0.15, 0.2) is 16.2 Å². The molecule has 2 aromatic heterocycles. The van der Waals surface area contributed by atoms with Crippen LogP contribution in [0.2, 0.25) is 0 Å². The van der Waals surface area contributed by atoms with Crippen molar-refractivity contribution in [2.75, 3.05) is 18.6 Å². The Morgan fingerprint density at radius 1 is 1.21 bits per heavy atom. The Labute approximate surface area is 171 Å². The van der Waals surface area contributed by atoms with Gasteiger partial charge in [-0.2, -0.15) is 0 Å². The number of amides is 1. The van der Waals surface area contributed by atoms with Crippen LogP contribution in [0.25, 0.3) is 10.9 Å². The monoisotopic (exact) mass is 438 g/mol. The molecular formula is C20H19BrN6O. The maximum atomic E-state index is 13.2. The number of anilines is 1. The molecule has 142 valence electrons. The van der Waals surface area contributed by atoms with Gasteiger partial charge in [-0.15, -0.1) is 5.92 Å². The minimum atomic E-state index is -0.0985. The Balaban J connectivity index is 1.69. The fraction of sp³-hybridized carbons (Fsp3) is 0.300. The van der Waals surface area contributed by atoms with Crippen LogP contribution in [-0.2, 0) is 13.1 Å². The second-order valence-corrected chi connectivity index (χ2v) is 7.36. The zero-order valence-electron chi connectivity index (χ0n) is 15.9. The highest BCUT2D eigenvalue weighted by atomic mass is 79.9. The van der Waals surface area contributed by atoms with Gasteiger partial charge in [0.2, 0.25) is 0 Å². The first-order valence-corrected chi connectivity index (χ1v) is 9.67. The molecule has 0 unspecified atom stereocenters. The number of hydrogen-bond acceptors (Lipinski definition) is 5. The number of imidazole rings is 1. The SMILES string of the molecule is CC#CCn1c(Br)nc2c1C(=O)N(Cc1nc(C)c3ccccc3n1)CN2C. The van der Waals surface area contributed by atoms with Gasteiger partial charge in [0, 0.05) is 18.1 Å². The molecule has 0 atom stereocenters. The molecule has 7 nitrogen and oxygen atoms in total. The number of para-hydroxylation sites is 1. The minimum Gasteiger partial charge on any atom is -0.340 e. The Bertz CT molecular complexity index is 1140. The zero-order chi connectivity index (χ0) is 19.8. The number of carbonyl (C=O) groups is 1. The van der Waals surface area contributed by atoms with Crippen LogP contribution in [0.1, 0.15) is 28.9 Å². The summed E-state index contributed by atoms with van der Waals surface area (Å²) in [5.74, 6) is 7.04. The molecule has 1 aliphatic heterocycles. The Morgan fingerprint density at radius 3 is 2.79 bits per heavy atom. The topological polar surface area (TPSA) is 67.2 Å². The molecule has 4 rings (SSSR count). The molecule has 0 radical (unpaired) electrons. The highest BCUT2D eigenvalue weighted by molar-refractivity contribution is 9.10. The molecule has 0 saturated carbocycles. The maximum Gasteiger partial charge on any atom is 0.276 e. The van der Waals surface area contributed by atoms with Crippen LogP contribution in [0.4, 0.5) is 5.82 Å². The predicted octanol–water partition coefficient (Wildman–Crippen LogP) is 2.97. The van der Waals surface area contributed by atoms with Gasteiger partial charge in [0.25, 0.3) is 5.91 Å². The van der Waals surface area contributed by atoms with E-state index in [1.54, 1.807) is 16.4 Å². The second kappa shape index (κ2) is 7.24. The first-order chi connectivity index (χ1) is 13.5. The molecule has 1 amide bonds. The highest BCUT2D eigenvalue weighted by Gasteiger charge is 2.34. The molecule has 8 heteroatoms. The van der Waals surface area contributed by atoms with E-state index in [9.17, 15) is 4.79 Å². The number of nitrogens with zero attached hydrogens (tertiary/aromatic N) is 6. The van der Waals surface area contributed by atoms with Gasteiger partial charge < -0.3 is 14.4 Å². The standard InChI is InChI=1S/C20H19BrN6O/c1-4-5-10-27-17-18(24-20(27)21)25(3)12-26(19(17)28)11-16-22-13(2)14-8-6-7-9-15(14)23-16/h6-9H,10-12H2,1-3H3. The van der Waals surface area contributed by atoms with Crippen molar-refractivity contribution in [3.63, 3.8) is 0 Å². The van der Waals surface area contributed by atoms with Crippen LogP contribution in [0.3, 0.4) is 0 Å². The van der Waals surface area contributed by atoms with Gasteiger partial charge in [-0.05, 0) is 35.8 Å². The number of aromatic nitrogens is 4. The molecule has 3 heterocycles. The van der Waals surface area contributed by atoms with Crippen LogP contribution in [0, 0.1) is 18.8 Å². The van der Waals surface area contributed by atoms with Crippen molar-refractivity contribution in [3.05, 3.63) is 46.2 Å². The fourth-order valence-corrected chi connectivity index (χ4v) is 3.86. The predicted molar refractivity (Wildman–Crippen MR) is 111 cm³/mol. The Morgan fingerprint density at radius 2 is 2.00 bits per heavy atom. The van der Waals surface area contributed by atoms with Gasteiger partial charge in [-0.1, -0.05) is 24.1 Å². The molecule has 0 bridgehead atoms. The molecular weight excluding hydrogens is 420 g/mol. The molecule has 28 heavy (non-hydrogen) atoms. The number of carbonyl (C=O) groups excluding carboxylic acids is 1. The summed E-state index contributed by atoms with van der Waals surface area (Å²) in [5, 5.41) is 1.02. The highest BCUT2D eigenvalue weighted by Crippen LogP contribution is 2.29. The van der Waals surface area contributed by atoms with Crippen molar-refractivity contribution in [2.45, 2.75) is 26.9 Å². The summed E-state index contributed by atoms with van der Waals surface area (Å²) in [4.78, 5) is 30.7. The third-order valence-corrected chi connectivity index (χ3v) is 5.33. The molecule has 1 aromatic carbocycles. The molecule has 0 aliphatic carbocycles. The average Bonchev–Trinajstić information content (AvgIpc) is 3.01. The number of fused-ring (bicyclic) bond motifs is 2. The summed E-state index contributed by atoms with van der Waals surface area (Å²) in [6.07, 6.45) is 0. The summed E-state index contributed by atoms with van der Waals surface area (Å²) < 4.78 is 2.39. The van der Waals surface area contributed by atoms with Crippen molar-refractivity contribution < 1.29 is 4.79 Å². The van der Waals surface area contributed by atoms with Gasteiger partial charge in [-0.3, -0.25) is 4.79 Å². The molecule has 0 N–H and O–H groups in total. The van der Waals surface area contributed by atoms with E-state index in [1.807, 2.05) is 43.1 Å². The van der Waals surface area contributed by atoms with Crippen LogP contribution in [-0.4, -0.2) is 44.0 Å². The third-order valence-electron chi connectivity index (χ3n) is 4.72. The molecule has 1 aliphatic rings. The van der Waals surface area contributed by atoms with Crippen molar-refractivity contribution >= 4 is 38.6 Å². The molecule has 0 spiro atoms. The molecule has 0 fully saturated rings. The van der Waals surface area contributed by atoms with E-state index in [2.05, 4.69) is 42.7 Å². The average molecular weight is 439 g/mol. The van der Waals surface area contributed by atoms with E-state index in [-0.39, 0.29) is 5.91 Å². The summed E-state index contributed by atoms with van der Waals surface area (Å²) in [6, 6.07) is 7.90. The summed E-state index contributed by atoms with van der Waals surface area (Å²) in [6.45, 7) is 4.89. The van der Waals surface area contributed by atoms with Crippen LogP contribution < -0.4 is 4.90 Å². The van der Waals surface area contributed by atoms with E-state index in [0.29, 0.717) is 41.8 Å². The lowest BCUT2D eigenvalue weighted by Crippen LogP contribution is -2.45. The third kappa shape index (κ3) is 3.12. The number of hydrogen-bond donors (Lipinski definition) is 0. The van der Waals surface area contributed by atoms with E-state index < -0.39 is 0 Å². The summed E-state index contributed by atoms with van der Waals surface area (Å²) >= 11 is 3.45. The summed E-state index contributed by atoms with van der Waals surface area (Å²) in [7, 11) is 1.92. The van der Waals surface area contributed by atoms with Crippen LogP contribution in [0.5, 0.6) is 0 Å². The lowest BCUT2D eigenvalue weighted by Gasteiger charge is -2.33. The zero-order valence-corrected chi connectivity index (χ0v) is 17.5. The number of halogens is 1. The van der Waals surface area contributed by atoms with Crippen LogP contribution >= 0.6 is 15.9 Å². The quantitative estimate of drug-likeness (QED) is 0.588. The number of rotatable bonds is 3. The second-order valence-electron chi connectivity index (χ2n) is 6.65. The van der Waals surface area contributed by atoms with Gasteiger partial charge >= 0.3 is 0 Å². The first-order valence-electron chi connectivity index (χ1n) is 8.88. The Hall–Kier alpha value is -2.92. The maximum absolute atomic E-state index is 13.2. The van der Waals surface area contributed by atoms with E-state index >= 15 is 0 Å². The number of benzene rings is 1. The lowest BCUT2D eigenvalue weighted by atomic mass is 10.2. The first kappa shape index (κ1) is 18.4. The lowest BCUT2D eigenvalue weighted by molar-refractivity contribution is 0.0715. The van der Waals surface area contributed by atoms with Crippen molar-refractivity contribution in [3.8, 4) is 11.8 Å². The van der Waals surface area contributed by atoms with E-state index in [4.69, 9.17) is 0 Å². The molecule has 0 saturated heterocycles. The summed E-state index contributed by atoms with van der Waals surface area (Å²) in [5.41, 5.74) is 2.32.